The Kier molecular flexibility index (Phi) is 5.03. The number of fused-ring (bicyclic) bond motifs is 1. The van der Waals surface area contributed by atoms with Crippen molar-refractivity contribution in [2.75, 3.05) is 25.5 Å². The lowest BCUT2D eigenvalue weighted by molar-refractivity contribution is 0.244. The lowest BCUT2D eigenvalue weighted by atomic mass is 10.1. The predicted octanol–water partition coefficient (Wildman–Crippen LogP) is 2.92. The molecule has 0 spiro atoms. The highest BCUT2D eigenvalue weighted by molar-refractivity contribution is 5.73. The average Bonchev–Trinajstić information content (AvgIpc) is 3.40. The highest BCUT2D eigenvalue weighted by Crippen LogP contribution is 2.32. The standard InChI is InChI=1S/C22H24FN7O/c1-29-12-14(9-26-29)15-13-30-19(11-25-22(30)8-20(15)31-2)18-4-3-5-21(28-18)27-17-6-7-24-10-16(17)23/h3-5,8-9,11-13,16-17,24H,6-7,10H2,1-2H3,(H,27,28)/t16-,17-/m0/s1. The zero-order valence-electron chi connectivity index (χ0n) is 17.4. The van der Waals surface area contributed by atoms with Crippen LogP contribution in [0, 0.1) is 0 Å². The van der Waals surface area contributed by atoms with Crippen LogP contribution in [0.3, 0.4) is 0 Å². The minimum Gasteiger partial charge on any atom is -0.496 e. The predicted molar refractivity (Wildman–Crippen MR) is 117 cm³/mol. The van der Waals surface area contributed by atoms with Crippen molar-refractivity contribution < 1.29 is 9.13 Å². The van der Waals surface area contributed by atoms with Crippen LogP contribution in [0.2, 0.25) is 0 Å². The minimum atomic E-state index is -0.940. The van der Waals surface area contributed by atoms with Gasteiger partial charge in [0.15, 0.2) is 0 Å². The number of alkyl halides is 1. The summed E-state index contributed by atoms with van der Waals surface area (Å²) in [5, 5.41) is 10.6. The van der Waals surface area contributed by atoms with Crippen molar-refractivity contribution >= 4 is 11.5 Å². The van der Waals surface area contributed by atoms with E-state index in [1.54, 1.807) is 24.2 Å². The normalized spacial score (nSPS) is 18.9. The molecule has 2 atom stereocenters. The second-order valence-electron chi connectivity index (χ2n) is 7.70. The van der Waals surface area contributed by atoms with Crippen molar-refractivity contribution in [2.24, 2.45) is 7.05 Å². The number of aromatic nitrogens is 5. The van der Waals surface area contributed by atoms with Gasteiger partial charge in [-0.1, -0.05) is 6.07 Å². The molecule has 0 unspecified atom stereocenters. The summed E-state index contributed by atoms with van der Waals surface area (Å²) in [5.74, 6) is 1.38. The molecule has 0 amide bonds. The molecule has 2 N–H and O–H groups in total. The molecule has 0 saturated carbocycles. The fourth-order valence-electron chi connectivity index (χ4n) is 3.97. The fourth-order valence-corrected chi connectivity index (χ4v) is 3.97. The maximum absolute atomic E-state index is 14.2. The van der Waals surface area contributed by atoms with Crippen LogP contribution in [0.5, 0.6) is 5.75 Å². The summed E-state index contributed by atoms with van der Waals surface area (Å²) in [6, 6.07) is 7.37. The molecule has 8 nitrogen and oxygen atoms in total. The van der Waals surface area contributed by atoms with Crippen LogP contribution in [-0.2, 0) is 7.05 Å². The van der Waals surface area contributed by atoms with Crippen LogP contribution < -0.4 is 15.4 Å². The Morgan fingerprint density at radius 3 is 2.94 bits per heavy atom. The van der Waals surface area contributed by atoms with E-state index in [0.717, 1.165) is 46.9 Å². The fraction of sp³-hybridized carbons (Fsp3) is 0.318. The van der Waals surface area contributed by atoms with Crippen molar-refractivity contribution in [3.05, 3.63) is 49.1 Å². The number of hydrogen-bond donors (Lipinski definition) is 2. The van der Waals surface area contributed by atoms with Crippen molar-refractivity contribution in [3.63, 3.8) is 0 Å². The maximum Gasteiger partial charge on any atom is 0.140 e. The molecule has 160 valence electrons. The van der Waals surface area contributed by atoms with Gasteiger partial charge in [0.05, 0.1) is 36.9 Å². The molecule has 31 heavy (non-hydrogen) atoms. The van der Waals surface area contributed by atoms with Crippen LogP contribution in [0.25, 0.3) is 28.2 Å². The first-order valence-corrected chi connectivity index (χ1v) is 10.3. The molecule has 4 aromatic heterocycles. The van der Waals surface area contributed by atoms with Crippen LogP contribution in [0.4, 0.5) is 10.2 Å². The van der Waals surface area contributed by atoms with E-state index in [1.165, 1.54) is 0 Å². The summed E-state index contributed by atoms with van der Waals surface area (Å²) >= 11 is 0. The minimum absolute atomic E-state index is 0.243. The average molecular weight is 421 g/mol. The van der Waals surface area contributed by atoms with Crippen LogP contribution in [0.1, 0.15) is 6.42 Å². The quantitative estimate of drug-likeness (QED) is 0.516. The Morgan fingerprint density at radius 2 is 2.16 bits per heavy atom. The number of halogens is 1. The van der Waals surface area contributed by atoms with E-state index in [0.29, 0.717) is 12.4 Å². The van der Waals surface area contributed by atoms with Crippen molar-refractivity contribution in [3.8, 4) is 28.3 Å². The van der Waals surface area contributed by atoms with E-state index in [2.05, 4.69) is 20.7 Å². The number of imidazole rings is 1. The molecular weight excluding hydrogens is 397 g/mol. The topological polar surface area (TPSA) is 81.3 Å². The van der Waals surface area contributed by atoms with E-state index < -0.39 is 6.17 Å². The van der Waals surface area contributed by atoms with Crippen molar-refractivity contribution in [1.82, 2.24) is 29.5 Å². The van der Waals surface area contributed by atoms with Crippen molar-refractivity contribution in [1.29, 1.82) is 0 Å². The number of hydrogen-bond acceptors (Lipinski definition) is 6. The molecule has 1 aliphatic rings. The van der Waals surface area contributed by atoms with Gasteiger partial charge in [-0.25, -0.2) is 14.4 Å². The summed E-state index contributed by atoms with van der Waals surface area (Å²) in [4.78, 5) is 9.27. The molecule has 1 aliphatic heterocycles. The first-order valence-electron chi connectivity index (χ1n) is 10.3. The Hall–Kier alpha value is -3.46. The second-order valence-corrected chi connectivity index (χ2v) is 7.70. The Bertz CT molecular complexity index is 1220. The van der Waals surface area contributed by atoms with Gasteiger partial charge >= 0.3 is 0 Å². The Balaban J connectivity index is 1.53. The summed E-state index contributed by atoms with van der Waals surface area (Å²) in [7, 11) is 3.52. The number of ether oxygens (including phenoxy) is 1. The smallest absolute Gasteiger partial charge is 0.140 e. The van der Waals surface area contributed by atoms with Crippen LogP contribution >= 0.6 is 0 Å². The third-order valence-corrected chi connectivity index (χ3v) is 5.60. The van der Waals surface area contributed by atoms with Crippen LogP contribution in [0.15, 0.2) is 49.1 Å². The molecule has 1 saturated heterocycles. The molecule has 4 aromatic rings. The lowest BCUT2D eigenvalue weighted by Gasteiger charge is -2.27. The van der Waals surface area contributed by atoms with E-state index in [1.807, 2.05) is 48.1 Å². The van der Waals surface area contributed by atoms with Gasteiger partial charge < -0.3 is 15.4 Å². The molecule has 0 radical (unpaired) electrons. The monoisotopic (exact) mass is 421 g/mol. The first-order chi connectivity index (χ1) is 15.1. The number of anilines is 1. The number of nitrogens with one attached hydrogen (secondary N) is 2. The molecular formula is C22H24FN7O. The van der Waals surface area contributed by atoms with Crippen LogP contribution in [-0.4, -0.2) is 56.6 Å². The number of nitrogens with zero attached hydrogens (tertiary/aromatic N) is 5. The zero-order chi connectivity index (χ0) is 21.4. The second kappa shape index (κ2) is 7.99. The SMILES string of the molecule is COc1cc2ncc(-c3cccc(N[C@H]4CCNC[C@@H]4F)n3)n2cc1-c1cnn(C)c1. The van der Waals surface area contributed by atoms with Gasteiger partial charge in [0.2, 0.25) is 0 Å². The number of pyridine rings is 2. The molecule has 0 aromatic carbocycles. The van der Waals surface area contributed by atoms with E-state index in [4.69, 9.17) is 9.72 Å². The molecule has 1 fully saturated rings. The highest BCUT2D eigenvalue weighted by atomic mass is 19.1. The molecule has 0 bridgehead atoms. The van der Waals surface area contributed by atoms with Gasteiger partial charge in [-0.15, -0.1) is 0 Å². The van der Waals surface area contributed by atoms with Crippen molar-refractivity contribution in [2.45, 2.75) is 18.6 Å². The summed E-state index contributed by atoms with van der Waals surface area (Å²) < 4.78 is 23.5. The van der Waals surface area contributed by atoms with Gasteiger partial charge in [-0.3, -0.25) is 9.08 Å². The molecule has 9 heteroatoms. The summed E-state index contributed by atoms with van der Waals surface area (Å²) in [6.45, 7) is 1.16. The number of methoxy groups -OCH3 is 1. The van der Waals surface area contributed by atoms with Gasteiger partial charge in [0, 0.05) is 43.2 Å². The van der Waals surface area contributed by atoms with Gasteiger partial charge in [0.25, 0.3) is 0 Å². The van der Waals surface area contributed by atoms with Gasteiger partial charge in [-0.2, -0.15) is 5.10 Å². The molecule has 0 aliphatic carbocycles. The summed E-state index contributed by atoms with van der Waals surface area (Å²) in [6.07, 6.45) is 7.29. The van der Waals surface area contributed by atoms with Gasteiger partial charge in [0.1, 0.15) is 23.4 Å². The van der Waals surface area contributed by atoms with E-state index in [-0.39, 0.29) is 6.04 Å². The molecule has 5 heterocycles. The molecule has 5 rings (SSSR count). The Labute approximate surface area is 179 Å². The largest absolute Gasteiger partial charge is 0.496 e. The van der Waals surface area contributed by atoms with E-state index in [9.17, 15) is 4.39 Å². The number of piperidine rings is 1. The number of rotatable bonds is 5. The highest BCUT2D eigenvalue weighted by Gasteiger charge is 2.24. The maximum atomic E-state index is 14.2. The van der Waals surface area contributed by atoms with Gasteiger partial charge in [-0.05, 0) is 25.1 Å². The third-order valence-electron chi connectivity index (χ3n) is 5.60. The first kappa shape index (κ1) is 19.5. The van der Waals surface area contributed by atoms with E-state index >= 15 is 0 Å². The summed E-state index contributed by atoms with van der Waals surface area (Å²) in [5.41, 5.74) is 4.20. The zero-order valence-corrected chi connectivity index (χ0v) is 17.4. The number of aryl methyl sites for hydroxylation is 1. The third kappa shape index (κ3) is 3.72. The lowest BCUT2D eigenvalue weighted by Crippen LogP contribution is -2.45. The Morgan fingerprint density at radius 1 is 1.26 bits per heavy atom.